The standard InChI is InChI=1S/C16H20N4O/c1-11-13(10-19-20(11)2)9-18-16(21)15-14-6-4-3-5-12(14)7-8-17-15/h3-6,10,15,17H,7-9H2,1-2H3,(H,18,21). The highest BCUT2D eigenvalue weighted by atomic mass is 16.2. The van der Waals surface area contributed by atoms with Crippen molar-refractivity contribution in [3.8, 4) is 0 Å². The lowest BCUT2D eigenvalue weighted by molar-refractivity contribution is -0.123. The maximum Gasteiger partial charge on any atom is 0.242 e. The highest BCUT2D eigenvalue weighted by molar-refractivity contribution is 5.83. The molecule has 1 aliphatic heterocycles. The van der Waals surface area contributed by atoms with Crippen molar-refractivity contribution in [1.82, 2.24) is 20.4 Å². The predicted molar refractivity (Wildman–Crippen MR) is 80.7 cm³/mol. The number of fused-ring (bicyclic) bond motifs is 1. The van der Waals surface area contributed by atoms with E-state index in [4.69, 9.17) is 0 Å². The third-order valence-corrected chi connectivity index (χ3v) is 4.16. The van der Waals surface area contributed by atoms with Crippen LogP contribution in [0.5, 0.6) is 0 Å². The Bertz CT molecular complexity index is 662. The first kappa shape index (κ1) is 13.8. The number of nitrogens with zero attached hydrogens (tertiary/aromatic N) is 2. The summed E-state index contributed by atoms with van der Waals surface area (Å²) in [6.07, 6.45) is 2.78. The Kier molecular flexibility index (Phi) is 3.75. The van der Waals surface area contributed by atoms with Crippen LogP contribution in [0.1, 0.15) is 28.4 Å². The van der Waals surface area contributed by atoms with Gasteiger partial charge < -0.3 is 10.6 Å². The Morgan fingerprint density at radius 2 is 2.29 bits per heavy atom. The predicted octanol–water partition coefficient (Wildman–Crippen LogP) is 1.23. The van der Waals surface area contributed by atoms with Gasteiger partial charge in [-0.2, -0.15) is 5.10 Å². The fraction of sp³-hybridized carbons (Fsp3) is 0.375. The van der Waals surface area contributed by atoms with Gasteiger partial charge in [-0.15, -0.1) is 0 Å². The molecule has 0 fully saturated rings. The Morgan fingerprint density at radius 1 is 1.48 bits per heavy atom. The van der Waals surface area contributed by atoms with Crippen LogP contribution in [0.3, 0.4) is 0 Å². The molecule has 0 bridgehead atoms. The van der Waals surface area contributed by atoms with E-state index in [0.29, 0.717) is 6.54 Å². The van der Waals surface area contributed by atoms with Crippen LogP contribution in [0.2, 0.25) is 0 Å². The molecule has 1 aliphatic rings. The lowest BCUT2D eigenvalue weighted by Crippen LogP contribution is -2.41. The number of hydrogen-bond acceptors (Lipinski definition) is 3. The molecule has 2 N–H and O–H groups in total. The van der Waals surface area contributed by atoms with Gasteiger partial charge in [0.15, 0.2) is 0 Å². The molecule has 21 heavy (non-hydrogen) atoms. The second-order valence-corrected chi connectivity index (χ2v) is 5.43. The number of rotatable bonds is 3. The summed E-state index contributed by atoms with van der Waals surface area (Å²) in [6, 6.07) is 7.88. The quantitative estimate of drug-likeness (QED) is 0.891. The summed E-state index contributed by atoms with van der Waals surface area (Å²) in [5, 5.41) is 10.5. The average molecular weight is 284 g/mol. The van der Waals surface area contributed by atoms with E-state index in [1.807, 2.05) is 36.9 Å². The number of aryl methyl sites for hydroxylation is 1. The van der Waals surface area contributed by atoms with Crippen LogP contribution in [0.15, 0.2) is 30.5 Å². The second-order valence-electron chi connectivity index (χ2n) is 5.43. The summed E-state index contributed by atoms with van der Waals surface area (Å²) in [6.45, 7) is 3.35. The Morgan fingerprint density at radius 3 is 3.05 bits per heavy atom. The van der Waals surface area contributed by atoms with E-state index in [1.165, 1.54) is 5.56 Å². The van der Waals surface area contributed by atoms with Crippen LogP contribution in [-0.2, 0) is 24.8 Å². The summed E-state index contributed by atoms with van der Waals surface area (Å²) < 4.78 is 1.82. The molecule has 2 heterocycles. The summed E-state index contributed by atoms with van der Waals surface area (Å²) in [5.74, 6) is 0.0189. The van der Waals surface area contributed by atoms with Gasteiger partial charge in [0, 0.05) is 31.4 Å². The zero-order valence-corrected chi connectivity index (χ0v) is 12.4. The van der Waals surface area contributed by atoms with Crippen molar-refractivity contribution in [2.45, 2.75) is 25.9 Å². The van der Waals surface area contributed by atoms with Gasteiger partial charge in [0.2, 0.25) is 5.91 Å². The lowest BCUT2D eigenvalue weighted by Gasteiger charge is -2.26. The molecule has 0 aliphatic carbocycles. The van der Waals surface area contributed by atoms with Crippen LogP contribution >= 0.6 is 0 Å². The van der Waals surface area contributed by atoms with Crippen LogP contribution < -0.4 is 10.6 Å². The van der Waals surface area contributed by atoms with Crippen LogP contribution in [0.25, 0.3) is 0 Å². The third kappa shape index (κ3) is 2.69. The van der Waals surface area contributed by atoms with Gasteiger partial charge in [0.1, 0.15) is 6.04 Å². The first-order chi connectivity index (χ1) is 10.2. The zero-order valence-electron chi connectivity index (χ0n) is 12.4. The Balaban J connectivity index is 1.71. The maximum absolute atomic E-state index is 12.5. The fourth-order valence-electron chi connectivity index (χ4n) is 2.74. The maximum atomic E-state index is 12.5. The van der Waals surface area contributed by atoms with Gasteiger partial charge in [0.05, 0.1) is 6.20 Å². The molecule has 1 amide bonds. The van der Waals surface area contributed by atoms with Crippen molar-refractivity contribution in [2.24, 2.45) is 7.05 Å². The largest absolute Gasteiger partial charge is 0.350 e. The van der Waals surface area contributed by atoms with E-state index >= 15 is 0 Å². The van der Waals surface area contributed by atoms with Crippen molar-refractivity contribution in [1.29, 1.82) is 0 Å². The molecular weight excluding hydrogens is 264 g/mol. The van der Waals surface area contributed by atoms with Crippen LogP contribution in [0.4, 0.5) is 0 Å². The number of benzene rings is 1. The molecule has 5 heteroatoms. The summed E-state index contributed by atoms with van der Waals surface area (Å²) in [4.78, 5) is 12.5. The van der Waals surface area contributed by atoms with E-state index in [0.717, 1.165) is 29.8 Å². The summed E-state index contributed by atoms with van der Waals surface area (Å²) in [5.41, 5.74) is 4.47. The minimum Gasteiger partial charge on any atom is -0.350 e. The molecule has 0 spiro atoms. The smallest absolute Gasteiger partial charge is 0.242 e. The highest BCUT2D eigenvalue weighted by Gasteiger charge is 2.25. The van der Waals surface area contributed by atoms with E-state index in [9.17, 15) is 4.79 Å². The number of carbonyl (C=O) groups excluding carboxylic acids is 1. The van der Waals surface area contributed by atoms with E-state index in [2.05, 4.69) is 21.8 Å². The molecule has 1 aromatic heterocycles. The minimum atomic E-state index is -0.257. The third-order valence-electron chi connectivity index (χ3n) is 4.16. The molecular formula is C16H20N4O. The summed E-state index contributed by atoms with van der Waals surface area (Å²) in [7, 11) is 1.90. The van der Waals surface area contributed by atoms with Crippen molar-refractivity contribution in [3.05, 3.63) is 52.8 Å². The van der Waals surface area contributed by atoms with Gasteiger partial charge in [-0.3, -0.25) is 9.48 Å². The molecule has 5 nitrogen and oxygen atoms in total. The second kappa shape index (κ2) is 5.69. The lowest BCUT2D eigenvalue weighted by atomic mass is 9.94. The van der Waals surface area contributed by atoms with E-state index in [-0.39, 0.29) is 11.9 Å². The first-order valence-electron chi connectivity index (χ1n) is 7.23. The molecule has 3 rings (SSSR count). The molecule has 0 saturated heterocycles. The average Bonchev–Trinajstić information content (AvgIpc) is 2.84. The van der Waals surface area contributed by atoms with E-state index < -0.39 is 0 Å². The SMILES string of the molecule is Cc1c(CNC(=O)C2NCCc3ccccc32)cnn1C. The molecule has 110 valence electrons. The number of nitrogens with one attached hydrogen (secondary N) is 2. The van der Waals surface area contributed by atoms with Gasteiger partial charge in [-0.05, 0) is 24.5 Å². The number of amides is 1. The van der Waals surface area contributed by atoms with Crippen molar-refractivity contribution in [2.75, 3.05) is 6.54 Å². The molecule has 1 unspecified atom stereocenters. The fourth-order valence-corrected chi connectivity index (χ4v) is 2.74. The summed E-state index contributed by atoms with van der Waals surface area (Å²) >= 11 is 0. The number of carbonyl (C=O) groups is 1. The Hall–Kier alpha value is -2.14. The first-order valence-corrected chi connectivity index (χ1v) is 7.23. The Labute approximate surface area is 124 Å². The van der Waals surface area contributed by atoms with Crippen LogP contribution in [-0.4, -0.2) is 22.2 Å². The number of hydrogen-bond donors (Lipinski definition) is 2. The van der Waals surface area contributed by atoms with E-state index in [1.54, 1.807) is 6.20 Å². The molecule has 0 saturated carbocycles. The molecule has 0 radical (unpaired) electrons. The van der Waals surface area contributed by atoms with Crippen molar-refractivity contribution >= 4 is 5.91 Å². The van der Waals surface area contributed by atoms with Gasteiger partial charge >= 0.3 is 0 Å². The zero-order chi connectivity index (χ0) is 14.8. The van der Waals surface area contributed by atoms with Crippen molar-refractivity contribution < 1.29 is 4.79 Å². The van der Waals surface area contributed by atoms with Gasteiger partial charge in [0.25, 0.3) is 0 Å². The normalized spacial score (nSPS) is 17.3. The van der Waals surface area contributed by atoms with Gasteiger partial charge in [-0.25, -0.2) is 0 Å². The number of aromatic nitrogens is 2. The van der Waals surface area contributed by atoms with Gasteiger partial charge in [-0.1, -0.05) is 24.3 Å². The van der Waals surface area contributed by atoms with Crippen LogP contribution in [0, 0.1) is 6.92 Å². The topological polar surface area (TPSA) is 59.0 Å². The minimum absolute atomic E-state index is 0.0189. The monoisotopic (exact) mass is 284 g/mol. The molecule has 1 aromatic carbocycles. The van der Waals surface area contributed by atoms with Crippen molar-refractivity contribution in [3.63, 3.8) is 0 Å². The molecule has 2 aromatic rings. The molecule has 1 atom stereocenters. The highest BCUT2D eigenvalue weighted by Crippen LogP contribution is 2.22.